The second-order valence-corrected chi connectivity index (χ2v) is 6.13. The van der Waals surface area contributed by atoms with Crippen molar-refractivity contribution in [1.82, 2.24) is 20.3 Å². The van der Waals surface area contributed by atoms with E-state index in [1.165, 1.54) is 24.5 Å². The Kier molecular flexibility index (Phi) is 5.94. The Hall–Kier alpha value is -3.34. The second-order valence-electron chi connectivity index (χ2n) is 6.13. The number of hydrogen-bond donors (Lipinski definition) is 2. The molecule has 1 amide bonds. The lowest BCUT2D eigenvalue weighted by molar-refractivity contribution is -0.383. The molecule has 1 aromatic carbocycles. The molecular formula is C17H20FN7O3. The summed E-state index contributed by atoms with van der Waals surface area (Å²) >= 11 is 0. The van der Waals surface area contributed by atoms with Gasteiger partial charge in [-0.05, 0) is 18.7 Å². The van der Waals surface area contributed by atoms with Crippen LogP contribution in [0.15, 0.2) is 30.6 Å². The number of likely N-dealkylation sites (N-methyl/N-ethyl adjacent to an activating group) is 1. The Bertz CT molecular complexity index is 872. The summed E-state index contributed by atoms with van der Waals surface area (Å²) in [6, 6.07) is 5.42. The van der Waals surface area contributed by atoms with E-state index in [1.807, 2.05) is 4.90 Å². The van der Waals surface area contributed by atoms with Crippen LogP contribution in [-0.4, -0.2) is 58.4 Å². The number of nitrogens with one attached hydrogen (secondary N) is 2. The van der Waals surface area contributed by atoms with Crippen LogP contribution in [0.5, 0.6) is 0 Å². The van der Waals surface area contributed by atoms with Crippen molar-refractivity contribution in [3.8, 4) is 0 Å². The number of carbonyl (C=O) groups is 1. The minimum Gasteiger partial charge on any atom is -0.348 e. The molecule has 0 aliphatic carbocycles. The molecule has 0 bridgehead atoms. The SMILES string of the molecule is CCN1CCN(c2ncnc(NNC(=O)c3ccccc3F)c2[N+](=O)[O-])CC1. The maximum absolute atomic E-state index is 13.7. The third-order valence-electron chi connectivity index (χ3n) is 4.52. The van der Waals surface area contributed by atoms with Crippen molar-refractivity contribution in [3.63, 3.8) is 0 Å². The molecule has 10 nitrogen and oxygen atoms in total. The quantitative estimate of drug-likeness (QED) is 0.563. The lowest BCUT2D eigenvalue weighted by Gasteiger charge is -2.34. The highest BCUT2D eigenvalue weighted by molar-refractivity contribution is 5.95. The fourth-order valence-corrected chi connectivity index (χ4v) is 2.97. The summed E-state index contributed by atoms with van der Waals surface area (Å²) in [6.07, 6.45) is 1.19. The molecule has 1 aromatic heterocycles. The second kappa shape index (κ2) is 8.57. The van der Waals surface area contributed by atoms with E-state index in [2.05, 4.69) is 32.6 Å². The first kappa shape index (κ1) is 19.4. The molecule has 1 aliphatic heterocycles. The number of nitro groups is 1. The van der Waals surface area contributed by atoms with Gasteiger partial charge in [-0.2, -0.15) is 0 Å². The molecule has 0 radical (unpaired) electrons. The van der Waals surface area contributed by atoms with Gasteiger partial charge in [-0.25, -0.2) is 14.4 Å². The molecule has 1 aliphatic rings. The van der Waals surface area contributed by atoms with E-state index >= 15 is 0 Å². The van der Waals surface area contributed by atoms with Crippen LogP contribution in [0.4, 0.5) is 21.7 Å². The van der Waals surface area contributed by atoms with Gasteiger partial charge in [-0.1, -0.05) is 19.1 Å². The van der Waals surface area contributed by atoms with Gasteiger partial charge in [0.1, 0.15) is 12.1 Å². The zero-order valence-corrected chi connectivity index (χ0v) is 15.3. The molecule has 0 saturated carbocycles. The monoisotopic (exact) mass is 389 g/mol. The summed E-state index contributed by atoms with van der Waals surface area (Å²) in [6.45, 7) is 5.69. The first-order chi connectivity index (χ1) is 13.5. The summed E-state index contributed by atoms with van der Waals surface area (Å²) < 4.78 is 13.7. The topological polar surface area (TPSA) is 117 Å². The number of halogens is 1. The van der Waals surface area contributed by atoms with Gasteiger partial charge >= 0.3 is 5.69 Å². The number of amides is 1. The summed E-state index contributed by atoms with van der Waals surface area (Å²) in [5.74, 6) is -1.46. The van der Waals surface area contributed by atoms with Gasteiger partial charge in [-0.3, -0.25) is 25.8 Å². The first-order valence-corrected chi connectivity index (χ1v) is 8.78. The molecule has 28 heavy (non-hydrogen) atoms. The molecule has 2 N–H and O–H groups in total. The number of piperazine rings is 1. The minimum absolute atomic E-state index is 0.169. The van der Waals surface area contributed by atoms with E-state index in [1.54, 1.807) is 0 Å². The molecule has 0 spiro atoms. The highest BCUT2D eigenvalue weighted by Gasteiger charge is 2.29. The molecule has 3 rings (SSSR count). The predicted molar refractivity (Wildman–Crippen MR) is 101 cm³/mol. The number of anilines is 2. The summed E-state index contributed by atoms with van der Waals surface area (Å²) in [5, 5.41) is 11.7. The fourth-order valence-electron chi connectivity index (χ4n) is 2.97. The zero-order valence-electron chi connectivity index (χ0n) is 15.3. The van der Waals surface area contributed by atoms with Crippen molar-refractivity contribution >= 4 is 23.2 Å². The van der Waals surface area contributed by atoms with Crippen molar-refractivity contribution in [1.29, 1.82) is 0 Å². The van der Waals surface area contributed by atoms with Gasteiger partial charge in [0.25, 0.3) is 5.91 Å². The van der Waals surface area contributed by atoms with Crippen LogP contribution in [0.25, 0.3) is 0 Å². The van der Waals surface area contributed by atoms with Gasteiger partial charge in [0.05, 0.1) is 10.5 Å². The van der Waals surface area contributed by atoms with E-state index in [0.717, 1.165) is 25.7 Å². The number of aromatic nitrogens is 2. The number of carbonyl (C=O) groups excluding carboxylic acids is 1. The van der Waals surface area contributed by atoms with Crippen LogP contribution in [0, 0.1) is 15.9 Å². The number of hydrazine groups is 1. The Morgan fingerprint density at radius 3 is 2.61 bits per heavy atom. The molecule has 0 unspecified atom stereocenters. The Labute approximate surface area is 160 Å². The first-order valence-electron chi connectivity index (χ1n) is 8.78. The lowest BCUT2D eigenvalue weighted by Crippen LogP contribution is -2.46. The van der Waals surface area contributed by atoms with Crippen LogP contribution >= 0.6 is 0 Å². The maximum Gasteiger partial charge on any atom is 0.355 e. The Balaban J connectivity index is 1.79. The average molecular weight is 389 g/mol. The molecule has 0 atom stereocenters. The van der Waals surface area contributed by atoms with Crippen molar-refractivity contribution in [2.45, 2.75) is 6.92 Å². The van der Waals surface area contributed by atoms with Gasteiger partial charge < -0.3 is 9.80 Å². The van der Waals surface area contributed by atoms with Crippen LogP contribution in [-0.2, 0) is 0 Å². The van der Waals surface area contributed by atoms with E-state index in [9.17, 15) is 19.3 Å². The molecule has 2 heterocycles. The van der Waals surface area contributed by atoms with E-state index in [-0.39, 0.29) is 22.9 Å². The number of hydrogen-bond acceptors (Lipinski definition) is 8. The Morgan fingerprint density at radius 1 is 1.25 bits per heavy atom. The van der Waals surface area contributed by atoms with Gasteiger partial charge in [0.2, 0.25) is 11.6 Å². The van der Waals surface area contributed by atoms with Crippen molar-refractivity contribution < 1.29 is 14.1 Å². The minimum atomic E-state index is -0.774. The Morgan fingerprint density at radius 2 is 1.96 bits per heavy atom. The van der Waals surface area contributed by atoms with Crippen molar-refractivity contribution in [2.75, 3.05) is 43.0 Å². The van der Waals surface area contributed by atoms with Crippen LogP contribution < -0.4 is 15.8 Å². The van der Waals surface area contributed by atoms with Gasteiger partial charge in [-0.15, -0.1) is 0 Å². The van der Waals surface area contributed by atoms with Crippen LogP contribution in [0.3, 0.4) is 0 Å². The standard InChI is InChI=1S/C17H20FN7O3/c1-2-23-7-9-24(10-8-23)16-14(25(27)28)15(19-11-20-16)21-22-17(26)12-5-3-4-6-13(12)18/h3-6,11H,2,7-10H2,1H3,(H,22,26)(H,19,20,21). The van der Waals surface area contributed by atoms with E-state index in [0.29, 0.717) is 13.1 Å². The zero-order chi connectivity index (χ0) is 20.1. The van der Waals surface area contributed by atoms with Crippen LogP contribution in [0.2, 0.25) is 0 Å². The normalized spacial score (nSPS) is 14.6. The van der Waals surface area contributed by atoms with Crippen molar-refractivity contribution in [3.05, 3.63) is 52.1 Å². The summed E-state index contributed by atoms with van der Waals surface area (Å²) in [7, 11) is 0. The summed E-state index contributed by atoms with van der Waals surface area (Å²) in [4.78, 5) is 35.2. The third-order valence-corrected chi connectivity index (χ3v) is 4.52. The molecular weight excluding hydrogens is 369 g/mol. The van der Waals surface area contributed by atoms with Crippen molar-refractivity contribution in [2.24, 2.45) is 0 Å². The molecule has 1 saturated heterocycles. The molecule has 11 heteroatoms. The average Bonchev–Trinajstić information content (AvgIpc) is 2.72. The highest BCUT2D eigenvalue weighted by atomic mass is 19.1. The molecule has 148 valence electrons. The van der Waals surface area contributed by atoms with Gasteiger partial charge in [0.15, 0.2) is 0 Å². The third kappa shape index (κ3) is 4.14. The predicted octanol–water partition coefficient (Wildman–Crippen LogP) is 1.42. The number of nitrogens with zero attached hydrogens (tertiary/aromatic N) is 5. The number of rotatable bonds is 6. The maximum atomic E-state index is 13.7. The highest BCUT2D eigenvalue weighted by Crippen LogP contribution is 2.31. The van der Waals surface area contributed by atoms with Gasteiger partial charge in [0, 0.05) is 26.2 Å². The number of benzene rings is 1. The molecule has 1 fully saturated rings. The van der Waals surface area contributed by atoms with Crippen LogP contribution in [0.1, 0.15) is 17.3 Å². The van der Waals surface area contributed by atoms with E-state index < -0.39 is 16.6 Å². The molecule has 2 aromatic rings. The fraction of sp³-hybridized carbons (Fsp3) is 0.353. The lowest BCUT2D eigenvalue weighted by atomic mass is 10.2. The van der Waals surface area contributed by atoms with E-state index in [4.69, 9.17) is 0 Å². The summed E-state index contributed by atoms with van der Waals surface area (Å²) in [5.41, 5.74) is 4.13. The largest absolute Gasteiger partial charge is 0.355 e. The smallest absolute Gasteiger partial charge is 0.348 e.